The van der Waals surface area contributed by atoms with Gasteiger partial charge in [-0.2, -0.15) is 0 Å². The Morgan fingerprint density at radius 2 is 2.26 bits per heavy atom. The Hall–Kier alpha value is -0.980. The lowest BCUT2D eigenvalue weighted by atomic mass is 10.0. The summed E-state index contributed by atoms with van der Waals surface area (Å²) in [5.41, 5.74) is -0.0235. The monoisotopic (exact) mass is 287 g/mol. The third-order valence-electron chi connectivity index (χ3n) is 3.46. The second-order valence-corrected chi connectivity index (χ2v) is 7.54. The normalized spacial score (nSPS) is 27.3. The van der Waals surface area contributed by atoms with Gasteiger partial charge in [0.05, 0.1) is 17.6 Å². The van der Waals surface area contributed by atoms with E-state index in [4.69, 9.17) is 0 Å². The molecule has 106 valence electrons. The molecule has 2 N–H and O–H groups in total. The molecule has 1 fully saturated rings. The summed E-state index contributed by atoms with van der Waals surface area (Å²) in [5.74, 6) is -0.145. The fraction of sp³-hybridized carbons (Fsp3) is 0.538. The minimum Gasteiger partial charge on any atom is -0.387 e. The van der Waals surface area contributed by atoms with Gasteiger partial charge in [0, 0.05) is 12.1 Å². The van der Waals surface area contributed by atoms with Gasteiger partial charge in [-0.05, 0) is 31.0 Å². The van der Waals surface area contributed by atoms with Crippen molar-refractivity contribution in [3.8, 4) is 0 Å². The number of benzene rings is 1. The number of β-amino-alcohol motifs (C(OH)–C–C–N with tert-alkyl or cyclic N) is 1. The Balaban J connectivity index is 1.96. The Morgan fingerprint density at radius 1 is 1.53 bits per heavy atom. The van der Waals surface area contributed by atoms with E-state index in [9.17, 15) is 17.9 Å². The second kappa shape index (κ2) is 5.19. The molecule has 2 atom stereocenters. The average Bonchev–Trinajstić information content (AvgIpc) is 2.61. The van der Waals surface area contributed by atoms with E-state index in [0.717, 1.165) is 0 Å². The fourth-order valence-corrected chi connectivity index (χ4v) is 4.45. The highest BCUT2D eigenvalue weighted by atomic mass is 32.2. The quantitative estimate of drug-likeness (QED) is 0.868. The molecule has 4 nitrogen and oxygen atoms in total. The van der Waals surface area contributed by atoms with E-state index in [0.29, 0.717) is 12.0 Å². The van der Waals surface area contributed by atoms with E-state index >= 15 is 0 Å². The first kappa shape index (κ1) is 14.4. The van der Waals surface area contributed by atoms with Crippen molar-refractivity contribution in [3.05, 3.63) is 35.6 Å². The van der Waals surface area contributed by atoms with Crippen LogP contribution in [0.5, 0.6) is 0 Å². The predicted octanol–water partition coefficient (Wildman–Crippen LogP) is 1.03. The summed E-state index contributed by atoms with van der Waals surface area (Å²) in [6.45, 7) is 2.03. The lowest BCUT2D eigenvalue weighted by Gasteiger charge is -2.25. The van der Waals surface area contributed by atoms with Crippen LogP contribution in [-0.4, -0.2) is 37.1 Å². The van der Waals surface area contributed by atoms with E-state index in [1.807, 2.05) is 6.92 Å². The molecule has 1 aromatic rings. The molecule has 1 saturated heterocycles. The first-order chi connectivity index (χ1) is 8.80. The maximum Gasteiger partial charge on any atom is 0.152 e. The van der Waals surface area contributed by atoms with Gasteiger partial charge in [0.25, 0.3) is 0 Å². The third kappa shape index (κ3) is 3.75. The highest BCUT2D eigenvalue weighted by Gasteiger charge is 2.38. The predicted molar refractivity (Wildman–Crippen MR) is 71.0 cm³/mol. The molecule has 0 saturated carbocycles. The van der Waals surface area contributed by atoms with Gasteiger partial charge < -0.3 is 10.4 Å². The first-order valence-corrected chi connectivity index (χ1v) is 8.01. The average molecular weight is 287 g/mol. The molecule has 2 rings (SSSR count). The molecule has 1 aromatic carbocycles. The highest BCUT2D eigenvalue weighted by molar-refractivity contribution is 7.91. The molecule has 2 unspecified atom stereocenters. The van der Waals surface area contributed by atoms with Crippen LogP contribution in [0.4, 0.5) is 4.39 Å². The van der Waals surface area contributed by atoms with Crippen molar-refractivity contribution >= 4 is 9.84 Å². The molecule has 1 aliphatic rings. The molecule has 6 heteroatoms. The first-order valence-electron chi connectivity index (χ1n) is 6.19. The number of hydrogen-bond acceptors (Lipinski definition) is 4. The smallest absolute Gasteiger partial charge is 0.152 e. The summed E-state index contributed by atoms with van der Waals surface area (Å²) in [6.07, 6.45) is -0.318. The molecule has 0 aromatic heterocycles. The highest BCUT2D eigenvalue weighted by Crippen LogP contribution is 2.23. The number of halogens is 1. The van der Waals surface area contributed by atoms with Gasteiger partial charge in [-0.15, -0.1) is 0 Å². The van der Waals surface area contributed by atoms with E-state index in [1.165, 1.54) is 18.2 Å². The van der Waals surface area contributed by atoms with E-state index in [-0.39, 0.29) is 18.1 Å². The third-order valence-corrected chi connectivity index (χ3v) is 5.36. The van der Waals surface area contributed by atoms with Crippen LogP contribution >= 0.6 is 0 Å². The number of nitrogens with one attached hydrogen (secondary N) is 1. The minimum atomic E-state index is -2.98. The van der Waals surface area contributed by atoms with Crippen molar-refractivity contribution in [2.45, 2.75) is 25.0 Å². The lowest BCUT2D eigenvalue weighted by Crippen LogP contribution is -2.45. The van der Waals surface area contributed by atoms with Crippen molar-refractivity contribution in [2.75, 3.05) is 18.1 Å². The van der Waals surface area contributed by atoms with Crippen molar-refractivity contribution in [3.63, 3.8) is 0 Å². The Morgan fingerprint density at radius 3 is 2.84 bits per heavy atom. The van der Waals surface area contributed by atoms with Crippen LogP contribution in [-0.2, 0) is 9.84 Å². The molecule has 1 aliphatic heterocycles. The van der Waals surface area contributed by atoms with Crippen molar-refractivity contribution in [1.29, 1.82) is 0 Å². The van der Waals surface area contributed by atoms with Crippen LogP contribution < -0.4 is 5.32 Å². The van der Waals surface area contributed by atoms with Crippen molar-refractivity contribution in [2.24, 2.45) is 0 Å². The van der Waals surface area contributed by atoms with Gasteiger partial charge in [-0.25, -0.2) is 12.8 Å². The molecule has 0 spiro atoms. The van der Waals surface area contributed by atoms with Gasteiger partial charge in [-0.3, -0.25) is 0 Å². The number of rotatable bonds is 4. The van der Waals surface area contributed by atoms with E-state index in [2.05, 4.69) is 5.32 Å². The summed E-state index contributed by atoms with van der Waals surface area (Å²) < 4.78 is 35.9. The lowest BCUT2D eigenvalue weighted by molar-refractivity contribution is 0.161. The summed E-state index contributed by atoms with van der Waals surface area (Å²) >= 11 is 0. The number of aliphatic hydroxyl groups excluding tert-OH is 1. The van der Waals surface area contributed by atoms with Crippen LogP contribution in [0.3, 0.4) is 0 Å². The number of aliphatic hydroxyl groups is 1. The van der Waals surface area contributed by atoms with Crippen LogP contribution in [0, 0.1) is 5.82 Å². The topological polar surface area (TPSA) is 66.4 Å². The maximum atomic E-state index is 13.0. The van der Waals surface area contributed by atoms with Gasteiger partial charge in [0.2, 0.25) is 0 Å². The Labute approximate surface area is 112 Å². The summed E-state index contributed by atoms with van der Waals surface area (Å²) in [4.78, 5) is 0. The van der Waals surface area contributed by atoms with Crippen molar-refractivity contribution < 1.29 is 17.9 Å². The van der Waals surface area contributed by atoms with E-state index in [1.54, 1.807) is 6.07 Å². The van der Waals surface area contributed by atoms with Gasteiger partial charge in [0.1, 0.15) is 5.82 Å². The molecule has 19 heavy (non-hydrogen) atoms. The van der Waals surface area contributed by atoms with E-state index < -0.39 is 27.3 Å². The Bertz CT molecular complexity index is 561. The largest absolute Gasteiger partial charge is 0.387 e. The van der Waals surface area contributed by atoms with Crippen molar-refractivity contribution in [1.82, 2.24) is 5.32 Å². The molecule has 0 radical (unpaired) electrons. The van der Waals surface area contributed by atoms with Gasteiger partial charge in [-0.1, -0.05) is 12.1 Å². The molecule has 1 heterocycles. The summed E-state index contributed by atoms with van der Waals surface area (Å²) in [7, 11) is -2.98. The molecule has 0 amide bonds. The molecule has 0 bridgehead atoms. The molecular formula is C13H18FNO3S. The number of hydrogen-bond donors (Lipinski definition) is 2. The van der Waals surface area contributed by atoms with Gasteiger partial charge in [0.15, 0.2) is 9.84 Å². The number of sulfone groups is 1. The molecule has 0 aliphatic carbocycles. The van der Waals surface area contributed by atoms with Crippen LogP contribution in [0.2, 0.25) is 0 Å². The zero-order valence-corrected chi connectivity index (χ0v) is 11.6. The van der Waals surface area contributed by atoms with Crippen LogP contribution in [0.1, 0.15) is 25.0 Å². The Kier molecular flexibility index (Phi) is 3.94. The maximum absolute atomic E-state index is 13.0. The zero-order chi connectivity index (χ0) is 14.1. The zero-order valence-electron chi connectivity index (χ0n) is 10.8. The fourth-order valence-electron chi connectivity index (χ4n) is 2.32. The summed E-state index contributed by atoms with van der Waals surface area (Å²) in [6, 6.07) is 5.77. The van der Waals surface area contributed by atoms with Gasteiger partial charge >= 0.3 is 0 Å². The van der Waals surface area contributed by atoms with Crippen LogP contribution in [0.15, 0.2) is 24.3 Å². The summed E-state index contributed by atoms with van der Waals surface area (Å²) in [5, 5.41) is 13.1. The standard InChI is InChI=1S/C13H18FNO3S/c1-13(5-6-19(17,18)9-13)15-8-12(16)10-3-2-4-11(14)7-10/h2-4,7,12,15-16H,5-6,8-9H2,1H3. The second-order valence-electron chi connectivity index (χ2n) is 5.35. The minimum absolute atomic E-state index is 0.0792. The van der Waals surface area contributed by atoms with Crippen LogP contribution in [0.25, 0.3) is 0 Å². The molecular weight excluding hydrogens is 269 g/mol. The SMILES string of the molecule is CC1(NCC(O)c2cccc(F)c2)CCS(=O)(=O)C1.